The van der Waals surface area contributed by atoms with Crippen molar-refractivity contribution < 1.29 is 19.3 Å². The Balaban J connectivity index is 1.32. The van der Waals surface area contributed by atoms with Gasteiger partial charge in [-0.25, -0.2) is 9.88 Å². The molecule has 1 aromatic heterocycles. The van der Waals surface area contributed by atoms with Crippen LogP contribution in [0.15, 0.2) is 65.0 Å². The summed E-state index contributed by atoms with van der Waals surface area (Å²) in [4.78, 5) is 53.9. The van der Waals surface area contributed by atoms with E-state index in [9.17, 15) is 24.5 Å². The third kappa shape index (κ3) is 4.48. The maximum Gasteiger partial charge on any atom is 0.270 e. The van der Waals surface area contributed by atoms with E-state index < -0.39 is 16.7 Å². The highest BCUT2D eigenvalue weighted by molar-refractivity contribution is 8.01. The molecule has 5 rings (SSSR count). The van der Waals surface area contributed by atoms with E-state index in [1.165, 1.54) is 35.2 Å². The van der Waals surface area contributed by atoms with Crippen LogP contribution in [-0.2, 0) is 4.79 Å². The first kappa shape index (κ1) is 23.0. The van der Waals surface area contributed by atoms with E-state index in [-0.39, 0.29) is 28.5 Å². The Hall–Kier alpha value is -3.80. The number of amides is 3. The van der Waals surface area contributed by atoms with Gasteiger partial charge in [-0.15, -0.1) is 11.3 Å². The lowest BCUT2D eigenvalue weighted by Crippen LogP contribution is -2.29. The fraction of sp³-hybridized carbons (Fsp3) is 0.0435. The Bertz CT molecular complexity index is 1540. The van der Waals surface area contributed by atoms with E-state index >= 15 is 0 Å². The van der Waals surface area contributed by atoms with Gasteiger partial charge in [0.2, 0.25) is 5.91 Å². The first-order valence-electron chi connectivity index (χ1n) is 10.1. The average molecular weight is 525 g/mol. The highest BCUT2D eigenvalue weighted by atomic mass is 35.5. The van der Waals surface area contributed by atoms with E-state index in [2.05, 4.69) is 10.3 Å². The van der Waals surface area contributed by atoms with Crippen molar-refractivity contribution in [2.24, 2.45) is 0 Å². The van der Waals surface area contributed by atoms with Crippen LogP contribution in [0.2, 0.25) is 5.02 Å². The molecule has 4 aromatic rings. The van der Waals surface area contributed by atoms with Gasteiger partial charge in [-0.05, 0) is 48.5 Å². The van der Waals surface area contributed by atoms with Gasteiger partial charge in [-0.2, -0.15) is 0 Å². The van der Waals surface area contributed by atoms with Gasteiger partial charge in [0.05, 0.1) is 37.7 Å². The summed E-state index contributed by atoms with van der Waals surface area (Å²) in [5.74, 6) is -1.22. The van der Waals surface area contributed by atoms with Crippen molar-refractivity contribution in [2.45, 2.75) is 4.34 Å². The predicted molar refractivity (Wildman–Crippen MR) is 135 cm³/mol. The fourth-order valence-corrected chi connectivity index (χ4v) is 5.55. The Morgan fingerprint density at radius 1 is 1.06 bits per heavy atom. The number of thioether (sulfide) groups is 1. The molecule has 0 unspecified atom stereocenters. The normalized spacial score (nSPS) is 12.8. The number of imide groups is 1. The molecule has 0 fully saturated rings. The summed E-state index contributed by atoms with van der Waals surface area (Å²) in [6, 6.07) is 15.4. The largest absolute Gasteiger partial charge is 0.325 e. The van der Waals surface area contributed by atoms with Crippen LogP contribution in [0.5, 0.6) is 0 Å². The number of aromatic nitrogens is 1. The van der Waals surface area contributed by atoms with E-state index in [1.807, 2.05) is 0 Å². The number of carbonyl (C=O) groups excluding carboxylic acids is 3. The zero-order chi connectivity index (χ0) is 24.7. The number of non-ortho nitro benzene ring substituents is 1. The molecule has 0 radical (unpaired) electrons. The minimum atomic E-state index is -0.619. The van der Waals surface area contributed by atoms with Gasteiger partial charge in [0, 0.05) is 22.8 Å². The minimum absolute atomic E-state index is 0.00320. The summed E-state index contributed by atoms with van der Waals surface area (Å²) in [6.07, 6.45) is 0. The number of nitro benzene ring substituents is 1. The number of nitrogens with zero attached hydrogens (tertiary/aromatic N) is 3. The van der Waals surface area contributed by atoms with E-state index in [0.717, 1.165) is 15.7 Å². The van der Waals surface area contributed by atoms with Gasteiger partial charge in [-0.3, -0.25) is 24.5 Å². The molecule has 9 nitrogen and oxygen atoms in total. The second-order valence-electron chi connectivity index (χ2n) is 7.41. The lowest BCUT2D eigenvalue weighted by atomic mass is 10.1. The standard InChI is InChI=1S/C23H13ClN4O5S2/c24-12-1-3-13(4-2-12)25-20(29)11-34-23-26-18-8-6-14(10-19(18)35-23)27-21(30)16-7-5-15(28(32)33)9-17(16)22(27)31/h1-10H,11H2,(H,25,29). The van der Waals surface area contributed by atoms with Crippen LogP contribution in [0.25, 0.3) is 10.2 Å². The highest BCUT2D eigenvalue weighted by Crippen LogP contribution is 2.35. The first-order chi connectivity index (χ1) is 16.8. The van der Waals surface area contributed by atoms with Crippen LogP contribution in [0, 0.1) is 10.1 Å². The summed E-state index contributed by atoms with van der Waals surface area (Å²) in [5.41, 5.74) is 1.50. The van der Waals surface area contributed by atoms with Crippen molar-refractivity contribution in [3.8, 4) is 0 Å². The van der Waals surface area contributed by atoms with Crippen molar-refractivity contribution in [1.82, 2.24) is 4.98 Å². The molecular formula is C23H13ClN4O5S2. The van der Waals surface area contributed by atoms with Crippen LogP contribution in [-0.4, -0.2) is 33.4 Å². The van der Waals surface area contributed by atoms with Gasteiger partial charge in [0.1, 0.15) is 0 Å². The molecule has 3 aromatic carbocycles. The number of hydrogen-bond acceptors (Lipinski definition) is 8. The van der Waals surface area contributed by atoms with Crippen molar-refractivity contribution in [3.63, 3.8) is 0 Å². The topological polar surface area (TPSA) is 123 Å². The Labute approximate surface area is 210 Å². The van der Waals surface area contributed by atoms with Gasteiger partial charge in [0.25, 0.3) is 17.5 Å². The second kappa shape index (κ2) is 9.10. The Morgan fingerprint density at radius 2 is 1.80 bits per heavy atom. The number of anilines is 2. The zero-order valence-electron chi connectivity index (χ0n) is 17.6. The van der Waals surface area contributed by atoms with Crippen LogP contribution < -0.4 is 10.2 Å². The summed E-state index contributed by atoms with van der Waals surface area (Å²) >= 11 is 8.45. The molecule has 0 saturated carbocycles. The summed E-state index contributed by atoms with van der Waals surface area (Å²) < 4.78 is 1.38. The molecule has 0 spiro atoms. The van der Waals surface area contributed by atoms with Crippen LogP contribution in [0.1, 0.15) is 20.7 Å². The quantitative estimate of drug-likeness (QED) is 0.155. The number of carbonyl (C=O) groups is 3. The minimum Gasteiger partial charge on any atom is -0.325 e. The molecule has 0 saturated heterocycles. The average Bonchev–Trinajstić information content (AvgIpc) is 3.36. The third-order valence-electron chi connectivity index (χ3n) is 5.15. The highest BCUT2D eigenvalue weighted by Gasteiger charge is 2.38. The van der Waals surface area contributed by atoms with Crippen molar-refractivity contribution in [3.05, 3.63) is 86.9 Å². The van der Waals surface area contributed by atoms with Gasteiger partial charge >= 0.3 is 0 Å². The van der Waals surface area contributed by atoms with E-state index in [1.54, 1.807) is 42.5 Å². The van der Waals surface area contributed by atoms with Gasteiger partial charge < -0.3 is 5.32 Å². The SMILES string of the molecule is O=C(CSc1nc2ccc(N3C(=O)c4ccc([N+](=O)[O-])cc4C3=O)cc2s1)Nc1ccc(Cl)cc1. The van der Waals surface area contributed by atoms with Gasteiger partial charge in [-0.1, -0.05) is 23.4 Å². The second-order valence-corrected chi connectivity index (χ2v) is 10.1. The summed E-state index contributed by atoms with van der Waals surface area (Å²) in [5, 5.41) is 14.4. The molecule has 35 heavy (non-hydrogen) atoms. The number of fused-ring (bicyclic) bond motifs is 2. The number of halogens is 1. The maximum atomic E-state index is 12.9. The van der Waals surface area contributed by atoms with Crippen molar-refractivity contribution in [1.29, 1.82) is 0 Å². The molecule has 174 valence electrons. The van der Waals surface area contributed by atoms with Crippen LogP contribution >= 0.6 is 34.7 Å². The van der Waals surface area contributed by atoms with Gasteiger partial charge in [0.15, 0.2) is 4.34 Å². The van der Waals surface area contributed by atoms with E-state index in [4.69, 9.17) is 11.6 Å². The molecule has 1 N–H and O–H groups in total. The number of hydrogen-bond donors (Lipinski definition) is 1. The van der Waals surface area contributed by atoms with Crippen LogP contribution in [0.3, 0.4) is 0 Å². The molecule has 0 bridgehead atoms. The monoisotopic (exact) mass is 524 g/mol. The lowest BCUT2D eigenvalue weighted by molar-refractivity contribution is -0.384. The number of nitrogens with one attached hydrogen (secondary N) is 1. The molecule has 12 heteroatoms. The number of nitro groups is 1. The van der Waals surface area contributed by atoms with Crippen molar-refractivity contribution in [2.75, 3.05) is 16.0 Å². The smallest absolute Gasteiger partial charge is 0.270 e. The molecule has 1 aliphatic rings. The van der Waals surface area contributed by atoms with Crippen molar-refractivity contribution >= 4 is 79.7 Å². The Kier molecular flexibility index (Phi) is 5.97. The molecular weight excluding hydrogens is 512 g/mol. The number of benzene rings is 3. The number of thiazole rings is 1. The first-order valence-corrected chi connectivity index (χ1v) is 12.2. The molecule has 3 amide bonds. The summed E-state index contributed by atoms with van der Waals surface area (Å²) in [6.45, 7) is 0. The van der Waals surface area contributed by atoms with E-state index in [0.29, 0.717) is 26.3 Å². The third-order valence-corrected chi connectivity index (χ3v) is 7.56. The summed E-state index contributed by atoms with van der Waals surface area (Å²) in [7, 11) is 0. The zero-order valence-corrected chi connectivity index (χ0v) is 19.9. The lowest BCUT2D eigenvalue weighted by Gasteiger charge is -2.13. The predicted octanol–water partition coefficient (Wildman–Crippen LogP) is 5.39. The van der Waals surface area contributed by atoms with Crippen LogP contribution in [0.4, 0.5) is 17.1 Å². The fourth-order valence-electron chi connectivity index (χ4n) is 3.53. The molecule has 2 heterocycles. The molecule has 1 aliphatic heterocycles. The maximum absolute atomic E-state index is 12.9. The molecule has 0 aliphatic carbocycles. The number of rotatable bonds is 6. The molecule has 0 atom stereocenters. The Morgan fingerprint density at radius 3 is 2.54 bits per heavy atom.